The highest BCUT2D eigenvalue weighted by molar-refractivity contribution is 15.0. The summed E-state index contributed by atoms with van der Waals surface area (Å²) >= 11 is 4.24. The van der Waals surface area contributed by atoms with Gasteiger partial charge < -0.3 is 0 Å². The topological polar surface area (TPSA) is 143 Å². The Morgan fingerprint density at radius 2 is 0.727 bits per heavy atom. The van der Waals surface area contributed by atoms with Gasteiger partial charge in [-0.1, -0.05) is 0 Å². The van der Waals surface area contributed by atoms with Crippen LogP contribution in [0.5, 0.6) is 0 Å². The molecular weight excluding hydrogens is 788 g/mol. The number of Topliss-reactive ketones (excluding diaryl/α,β-unsaturated/α-hetero) is 3. The van der Waals surface area contributed by atoms with E-state index < -0.39 is 0 Å². The van der Waals surface area contributed by atoms with Gasteiger partial charge in [-0.25, -0.2) is 15.0 Å². The van der Waals surface area contributed by atoms with Crippen LogP contribution in [0, 0.1) is 20.8 Å². The molecule has 6 aromatic heterocycles. The third kappa shape index (κ3) is 7.17. The second-order valence-electron chi connectivity index (χ2n) is 10.1. The van der Waals surface area contributed by atoms with Gasteiger partial charge in [-0.3, -0.25) is 28.4 Å². The summed E-state index contributed by atoms with van der Waals surface area (Å²) in [7, 11) is 5.51. The van der Waals surface area contributed by atoms with Gasteiger partial charge in [-0.15, -0.1) is 0 Å². The zero-order valence-electron chi connectivity index (χ0n) is 26.0. The lowest BCUT2D eigenvalue weighted by Gasteiger charge is -2.02. The molecule has 0 aliphatic heterocycles. The molecule has 6 aromatic rings. The highest BCUT2D eigenvalue weighted by Crippen LogP contribution is 2.21. The van der Waals surface area contributed by atoms with E-state index in [1.54, 1.807) is 72.0 Å². The first-order valence-corrected chi connectivity index (χ1v) is 19.6. The van der Waals surface area contributed by atoms with Crippen LogP contribution in [0.4, 0.5) is 0 Å². The van der Waals surface area contributed by atoms with Crippen molar-refractivity contribution in [2.24, 2.45) is 21.1 Å². The number of carbonyl (C=O) groups is 3. The lowest BCUT2D eigenvalue weighted by molar-refractivity contribution is 0.100. The SMILES string of the molecule is CC(=O)c1cnc2c(cnn2C)c1C.CC(=O)c1cnc2c(cnn2C)c1C.CC(=O)c1cnc2c(cnn2C)c1C.II. The molecule has 6 rings (SSSR count). The quantitative estimate of drug-likeness (QED) is 0.151. The van der Waals surface area contributed by atoms with Gasteiger partial charge in [0.25, 0.3) is 0 Å². The maximum Gasteiger partial charge on any atom is 0.161 e. The summed E-state index contributed by atoms with van der Waals surface area (Å²) in [5.41, 5.74) is 7.32. The van der Waals surface area contributed by atoms with Crippen molar-refractivity contribution in [1.82, 2.24) is 44.3 Å². The Balaban J connectivity index is 0.000000175. The average Bonchev–Trinajstić information content (AvgIpc) is 3.68. The van der Waals surface area contributed by atoms with Crippen LogP contribution in [0.3, 0.4) is 0 Å². The molecule has 0 unspecified atom stereocenters. The highest BCUT2D eigenvalue weighted by Gasteiger charge is 2.12. The number of pyridine rings is 3. The van der Waals surface area contributed by atoms with Crippen molar-refractivity contribution < 1.29 is 14.4 Å². The van der Waals surface area contributed by atoms with Crippen molar-refractivity contribution in [3.63, 3.8) is 0 Å². The molecule has 0 aliphatic carbocycles. The minimum absolute atomic E-state index is 0.0424. The summed E-state index contributed by atoms with van der Waals surface area (Å²) in [4.78, 5) is 46.4. The number of carbonyl (C=O) groups excluding carboxylic acids is 3. The number of halogens is 2. The first kappa shape index (κ1) is 34.8. The van der Waals surface area contributed by atoms with Crippen LogP contribution in [0.25, 0.3) is 33.1 Å². The number of fused-ring (bicyclic) bond motifs is 3. The predicted molar refractivity (Wildman–Crippen MR) is 188 cm³/mol. The van der Waals surface area contributed by atoms with E-state index in [4.69, 9.17) is 0 Å². The van der Waals surface area contributed by atoms with Crippen molar-refractivity contribution in [2.45, 2.75) is 41.5 Å². The lowest BCUT2D eigenvalue weighted by Crippen LogP contribution is -1.99. The number of aryl methyl sites for hydroxylation is 6. The van der Waals surface area contributed by atoms with Gasteiger partial charge in [0, 0.05) is 110 Å². The molecule has 12 nitrogen and oxygen atoms in total. The Kier molecular flexibility index (Phi) is 11.8. The van der Waals surface area contributed by atoms with Crippen LogP contribution in [-0.2, 0) is 21.1 Å². The monoisotopic (exact) mass is 821 g/mol. The van der Waals surface area contributed by atoms with E-state index in [-0.39, 0.29) is 17.3 Å². The fourth-order valence-corrected chi connectivity index (χ4v) is 4.71. The zero-order valence-corrected chi connectivity index (χ0v) is 30.3. The molecular formula is C30H33I2N9O3. The second kappa shape index (κ2) is 14.9. The molecule has 0 atom stereocenters. The average molecular weight is 821 g/mol. The van der Waals surface area contributed by atoms with Crippen LogP contribution >= 0.6 is 37.2 Å². The summed E-state index contributed by atoms with van der Waals surface area (Å²) in [5.74, 6) is 0.127. The van der Waals surface area contributed by atoms with Crippen LogP contribution in [0.15, 0.2) is 37.2 Å². The maximum atomic E-state index is 11.2. The Morgan fingerprint density at radius 3 is 0.932 bits per heavy atom. The minimum Gasteiger partial charge on any atom is -0.294 e. The molecule has 0 fully saturated rings. The molecule has 230 valence electrons. The fraction of sp³-hybridized carbons (Fsp3) is 0.300. The predicted octanol–water partition coefficient (Wildman–Crippen LogP) is 6.21. The van der Waals surface area contributed by atoms with Gasteiger partial charge in [0.15, 0.2) is 34.3 Å². The molecule has 0 saturated carbocycles. The Labute approximate surface area is 278 Å². The van der Waals surface area contributed by atoms with E-state index in [0.717, 1.165) is 49.8 Å². The largest absolute Gasteiger partial charge is 0.294 e. The van der Waals surface area contributed by atoms with Crippen molar-refractivity contribution in [1.29, 1.82) is 0 Å². The number of rotatable bonds is 3. The molecule has 0 spiro atoms. The molecule has 0 N–H and O–H groups in total. The summed E-state index contributed by atoms with van der Waals surface area (Å²) in [5, 5.41) is 15.1. The number of hydrogen-bond donors (Lipinski definition) is 0. The molecule has 0 aromatic carbocycles. The van der Waals surface area contributed by atoms with Gasteiger partial charge in [0.1, 0.15) is 0 Å². The van der Waals surface area contributed by atoms with Crippen LogP contribution in [0.1, 0.15) is 68.5 Å². The van der Waals surface area contributed by atoms with E-state index in [9.17, 15) is 14.4 Å². The third-order valence-corrected chi connectivity index (χ3v) is 7.23. The summed E-state index contributed by atoms with van der Waals surface area (Å²) < 4.78 is 5.10. The smallest absolute Gasteiger partial charge is 0.161 e. The third-order valence-electron chi connectivity index (χ3n) is 7.23. The van der Waals surface area contributed by atoms with Crippen molar-refractivity contribution in [3.8, 4) is 0 Å². The number of nitrogens with zero attached hydrogens (tertiary/aromatic N) is 9. The van der Waals surface area contributed by atoms with Crippen LogP contribution in [-0.4, -0.2) is 61.6 Å². The Morgan fingerprint density at radius 1 is 0.500 bits per heavy atom. The molecule has 0 amide bonds. The summed E-state index contributed by atoms with van der Waals surface area (Å²) in [6.07, 6.45) is 10.1. The summed E-state index contributed by atoms with van der Waals surface area (Å²) in [6.45, 7) is 10.4. The standard InChI is InChI=1S/3C10H11N3O.I2/c3*1-6-8(7(2)14)4-11-10-9(6)5-12-13(10)3;1-2/h3*4-5H,1-3H3;. The Bertz CT molecular complexity index is 1780. The molecule has 0 saturated heterocycles. The van der Waals surface area contributed by atoms with E-state index in [0.29, 0.717) is 16.7 Å². The molecule has 0 bridgehead atoms. The number of aromatic nitrogens is 9. The van der Waals surface area contributed by atoms with Gasteiger partial charge in [0.2, 0.25) is 0 Å². The molecule has 14 heteroatoms. The fourth-order valence-electron chi connectivity index (χ4n) is 4.71. The van der Waals surface area contributed by atoms with Crippen molar-refractivity contribution >= 4 is 87.7 Å². The molecule has 0 radical (unpaired) electrons. The van der Waals surface area contributed by atoms with Crippen LogP contribution < -0.4 is 0 Å². The van der Waals surface area contributed by atoms with E-state index in [1.807, 2.05) is 41.9 Å². The van der Waals surface area contributed by atoms with Gasteiger partial charge in [0.05, 0.1) is 18.6 Å². The van der Waals surface area contributed by atoms with E-state index >= 15 is 0 Å². The molecule has 44 heavy (non-hydrogen) atoms. The van der Waals surface area contributed by atoms with Gasteiger partial charge in [-0.2, -0.15) is 15.3 Å². The first-order valence-electron chi connectivity index (χ1n) is 13.3. The van der Waals surface area contributed by atoms with E-state index in [2.05, 4.69) is 67.5 Å². The van der Waals surface area contributed by atoms with Gasteiger partial charge in [-0.05, 0) is 58.2 Å². The normalized spacial score (nSPS) is 10.4. The minimum atomic E-state index is 0.0424. The number of ketones is 3. The lowest BCUT2D eigenvalue weighted by atomic mass is 10.1. The highest BCUT2D eigenvalue weighted by atomic mass is 128. The molecule has 0 aliphatic rings. The van der Waals surface area contributed by atoms with Crippen LogP contribution in [0.2, 0.25) is 0 Å². The van der Waals surface area contributed by atoms with Crippen molar-refractivity contribution in [3.05, 3.63) is 70.6 Å². The molecule has 6 heterocycles. The van der Waals surface area contributed by atoms with Gasteiger partial charge >= 0.3 is 0 Å². The van der Waals surface area contributed by atoms with Crippen molar-refractivity contribution in [2.75, 3.05) is 0 Å². The Hall–Kier alpha value is -3.67. The second-order valence-corrected chi connectivity index (χ2v) is 10.1. The maximum absolute atomic E-state index is 11.2. The van der Waals surface area contributed by atoms with E-state index in [1.165, 1.54) is 0 Å². The first-order chi connectivity index (χ1) is 20.8. The number of hydrogen-bond acceptors (Lipinski definition) is 9. The zero-order chi connectivity index (χ0) is 32.9. The summed E-state index contributed by atoms with van der Waals surface area (Å²) in [6, 6.07) is 0.